The van der Waals surface area contributed by atoms with Crippen LogP contribution in [0.15, 0.2) is 51.7 Å². The summed E-state index contributed by atoms with van der Waals surface area (Å²) in [5, 5.41) is 9.20. The Morgan fingerprint density at radius 2 is 2.00 bits per heavy atom. The lowest BCUT2D eigenvalue weighted by molar-refractivity contribution is 0.0695. The molecule has 1 aromatic heterocycles. The molecule has 0 spiro atoms. The van der Waals surface area contributed by atoms with Gasteiger partial charge in [-0.15, -0.1) is 0 Å². The third kappa shape index (κ3) is 2.33. The van der Waals surface area contributed by atoms with Crippen LogP contribution in [0, 0.1) is 6.92 Å². The fourth-order valence-corrected chi connectivity index (χ4v) is 2.36. The molecule has 5 nitrogen and oxygen atoms in total. The predicted molar refractivity (Wildman–Crippen MR) is 77.7 cm³/mol. The standard InChI is InChI=1S/C16H13NO4/c1-10-6-7-13-14(8-10)21-16(20)17(13)9-11-4-2-3-5-12(11)15(18)19/h2-8H,9H2,1H3,(H,18,19). The van der Waals surface area contributed by atoms with Crippen molar-refractivity contribution in [3.05, 3.63) is 69.7 Å². The van der Waals surface area contributed by atoms with Gasteiger partial charge in [-0.1, -0.05) is 24.3 Å². The molecule has 0 unspecified atom stereocenters. The molecule has 0 saturated heterocycles. The average Bonchev–Trinajstić information content (AvgIpc) is 2.74. The summed E-state index contributed by atoms with van der Waals surface area (Å²) in [5.74, 6) is -1.50. The molecule has 0 bridgehead atoms. The number of hydrogen-bond acceptors (Lipinski definition) is 3. The van der Waals surface area contributed by atoms with Gasteiger partial charge < -0.3 is 9.52 Å². The molecule has 106 valence electrons. The molecule has 0 aliphatic heterocycles. The molecule has 0 amide bonds. The van der Waals surface area contributed by atoms with Gasteiger partial charge in [0.05, 0.1) is 17.6 Å². The van der Waals surface area contributed by atoms with Crippen molar-refractivity contribution in [2.24, 2.45) is 0 Å². The Hall–Kier alpha value is -2.82. The molecule has 5 heteroatoms. The van der Waals surface area contributed by atoms with Gasteiger partial charge in [-0.3, -0.25) is 4.57 Å². The molecule has 3 aromatic rings. The molecule has 0 radical (unpaired) electrons. The Bertz CT molecular complexity index is 889. The van der Waals surface area contributed by atoms with Crippen LogP contribution in [0.4, 0.5) is 0 Å². The first-order valence-corrected chi connectivity index (χ1v) is 6.47. The van der Waals surface area contributed by atoms with Gasteiger partial charge in [-0.2, -0.15) is 0 Å². The lowest BCUT2D eigenvalue weighted by Gasteiger charge is -2.06. The number of carboxylic acids is 1. The Morgan fingerprint density at radius 1 is 1.24 bits per heavy atom. The molecule has 21 heavy (non-hydrogen) atoms. The normalized spacial score (nSPS) is 10.9. The predicted octanol–water partition coefficient (Wildman–Crippen LogP) is 2.65. The molecule has 0 fully saturated rings. The largest absolute Gasteiger partial charge is 0.478 e. The molecule has 2 aromatic carbocycles. The highest BCUT2D eigenvalue weighted by molar-refractivity contribution is 5.89. The van der Waals surface area contributed by atoms with E-state index in [1.54, 1.807) is 30.3 Å². The highest BCUT2D eigenvalue weighted by Crippen LogP contribution is 2.17. The van der Waals surface area contributed by atoms with Crippen molar-refractivity contribution in [3.8, 4) is 0 Å². The summed E-state index contributed by atoms with van der Waals surface area (Å²) in [7, 11) is 0. The second-order valence-electron chi connectivity index (χ2n) is 4.89. The molecule has 0 aliphatic rings. The molecular weight excluding hydrogens is 270 g/mol. The Kier molecular flexibility index (Phi) is 3.10. The van der Waals surface area contributed by atoms with Crippen LogP contribution >= 0.6 is 0 Å². The zero-order valence-electron chi connectivity index (χ0n) is 11.4. The van der Waals surface area contributed by atoms with E-state index in [1.165, 1.54) is 10.6 Å². The summed E-state index contributed by atoms with van der Waals surface area (Å²) in [6.45, 7) is 2.08. The van der Waals surface area contributed by atoms with Crippen LogP contribution in [-0.4, -0.2) is 15.6 Å². The zero-order chi connectivity index (χ0) is 15.0. The number of hydrogen-bond donors (Lipinski definition) is 1. The first kappa shape index (κ1) is 13.2. The summed E-state index contributed by atoms with van der Waals surface area (Å²) >= 11 is 0. The van der Waals surface area contributed by atoms with Crippen molar-refractivity contribution in [1.82, 2.24) is 4.57 Å². The van der Waals surface area contributed by atoms with Crippen LogP contribution in [-0.2, 0) is 6.54 Å². The van der Waals surface area contributed by atoms with Gasteiger partial charge in [0.2, 0.25) is 0 Å². The summed E-state index contributed by atoms with van der Waals surface area (Å²) in [6, 6.07) is 12.1. The van der Waals surface area contributed by atoms with Crippen molar-refractivity contribution in [3.63, 3.8) is 0 Å². The maximum atomic E-state index is 12.0. The molecule has 3 rings (SSSR count). The van der Waals surface area contributed by atoms with E-state index < -0.39 is 11.7 Å². The molecule has 1 N–H and O–H groups in total. The van der Waals surface area contributed by atoms with E-state index in [-0.39, 0.29) is 12.1 Å². The molecule has 0 aliphatic carbocycles. The highest BCUT2D eigenvalue weighted by atomic mass is 16.4. The van der Waals surface area contributed by atoms with Crippen LogP contribution in [0.1, 0.15) is 21.5 Å². The van der Waals surface area contributed by atoms with Gasteiger partial charge in [-0.25, -0.2) is 9.59 Å². The lowest BCUT2D eigenvalue weighted by Crippen LogP contribution is -2.16. The van der Waals surface area contributed by atoms with Crippen molar-refractivity contribution in [1.29, 1.82) is 0 Å². The van der Waals surface area contributed by atoms with E-state index in [0.29, 0.717) is 16.7 Å². The Balaban J connectivity index is 2.13. The number of carboxylic acid groups (broad SMARTS) is 1. The number of benzene rings is 2. The van der Waals surface area contributed by atoms with Gasteiger partial charge in [0.25, 0.3) is 0 Å². The van der Waals surface area contributed by atoms with Crippen LogP contribution < -0.4 is 5.76 Å². The quantitative estimate of drug-likeness (QED) is 0.802. The van der Waals surface area contributed by atoms with Crippen molar-refractivity contribution >= 4 is 17.1 Å². The van der Waals surface area contributed by atoms with E-state index in [1.807, 2.05) is 13.0 Å². The topological polar surface area (TPSA) is 72.4 Å². The van der Waals surface area contributed by atoms with E-state index in [2.05, 4.69) is 0 Å². The average molecular weight is 283 g/mol. The van der Waals surface area contributed by atoms with Crippen LogP contribution in [0.2, 0.25) is 0 Å². The SMILES string of the molecule is Cc1ccc2c(c1)oc(=O)n2Cc1ccccc1C(=O)O. The number of aromatic carboxylic acids is 1. The van der Waals surface area contributed by atoms with Crippen molar-refractivity contribution in [2.75, 3.05) is 0 Å². The van der Waals surface area contributed by atoms with E-state index >= 15 is 0 Å². The van der Waals surface area contributed by atoms with Gasteiger partial charge >= 0.3 is 11.7 Å². The summed E-state index contributed by atoms with van der Waals surface area (Å²) in [6.07, 6.45) is 0. The van der Waals surface area contributed by atoms with Gasteiger partial charge in [0, 0.05) is 0 Å². The molecule has 0 atom stereocenters. The maximum absolute atomic E-state index is 12.0. The Labute approximate surface area is 120 Å². The molecule has 1 heterocycles. The third-order valence-electron chi connectivity index (χ3n) is 3.40. The van der Waals surface area contributed by atoms with E-state index in [9.17, 15) is 14.7 Å². The minimum Gasteiger partial charge on any atom is -0.478 e. The number of oxazole rings is 1. The number of rotatable bonds is 3. The number of aromatic nitrogens is 1. The number of nitrogens with zero attached hydrogens (tertiary/aromatic N) is 1. The van der Waals surface area contributed by atoms with Crippen molar-refractivity contribution in [2.45, 2.75) is 13.5 Å². The summed E-state index contributed by atoms with van der Waals surface area (Å²) < 4.78 is 6.65. The summed E-state index contributed by atoms with van der Waals surface area (Å²) in [4.78, 5) is 23.2. The van der Waals surface area contributed by atoms with Crippen LogP contribution in [0.5, 0.6) is 0 Å². The molecular formula is C16H13NO4. The number of carbonyl (C=O) groups is 1. The minimum absolute atomic E-state index is 0.164. The second-order valence-corrected chi connectivity index (χ2v) is 4.89. The maximum Gasteiger partial charge on any atom is 0.420 e. The van der Waals surface area contributed by atoms with E-state index in [4.69, 9.17) is 4.42 Å². The zero-order valence-corrected chi connectivity index (χ0v) is 11.4. The van der Waals surface area contributed by atoms with Crippen LogP contribution in [0.25, 0.3) is 11.1 Å². The van der Waals surface area contributed by atoms with Gasteiger partial charge in [0.15, 0.2) is 5.58 Å². The number of aryl methyl sites for hydroxylation is 1. The monoisotopic (exact) mass is 283 g/mol. The first-order valence-electron chi connectivity index (χ1n) is 6.47. The Morgan fingerprint density at radius 3 is 2.76 bits per heavy atom. The van der Waals surface area contributed by atoms with Gasteiger partial charge in [0.1, 0.15) is 0 Å². The second kappa shape index (κ2) is 4.94. The minimum atomic E-state index is -1.01. The number of fused-ring (bicyclic) bond motifs is 1. The van der Waals surface area contributed by atoms with Crippen LogP contribution in [0.3, 0.4) is 0 Å². The fraction of sp³-hybridized carbons (Fsp3) is 0.125. The third-order valence-corrected chi connectivity index (χ3v) is 3.40. The van der Waals surface area contributed by atoms with Gasteiger partial charge in [-0.05, 0) is 36.2 Å². The fourth-order valence-electron chi connectivity index (χ4n) is 2.36. The summed E-state index contributed by atoms with van der Waals surface area (Å²) in [5.41, 5.74) is 2.91. The first-order chi connectivity index (χ1) is 10.1. The van der Waals surface area contributed by atoms with E-state index in [0.717, 1.165) is 5.56 Å². The molecule has 0 saturated carbocycles. The lowest BCUT2D eigenvalue weighted by atomic mass is 10.1. The highest BCUT2D eigenvalue weighted by Gasteiger charge is 2.14. The smallest absolute Gasteiger partial charge is 0.420 e. The van der Waals surface area contributed by atoms with Crippen molar-refractivity contribution < 1.29 is 14.3 Å².